The van der Waals surface area contributed by atoms with Crippen molar-refractivity contribution in [3.63, 3.8) is 0 Å². The van der Waals surface area contributed by atoms with Gasteiger partial charge in [0.2, 0.25) is 0 Å². The lowest BCUT2D eigenvalue weighted by atomic mass is 9.96. The molecule has 0 aliphatic carbocycles. The van der Waals surface area contributed by atoms with Crippen LogP contribution in [0.15, 0.2) is 0 Å². The Hall–Kier alpha value is -0.770. The lowest BCUT2D eigenvalue weighted by Crippen LogP contribution is -2.34. The van der Waals surface area contributed by atoms with Crippen LogP contribution in [0.25, 0.3) is 0 Å². The fourth-order valence-electron chi connectivity index (χ4n) is 0.418. The summed E-state index contributed by atoms with van der Waals surface area (Å²) in [5.41, 5.74) is -0.656. The standard InChI is InChI=1S/C7H12ClNO3/c1-5(10)12-9(8)6(11)7(2,3)4/h1-4H3. The van der Waals surface area contributed by atoms with Crippen LogP contribution in [-0.2, 0) is 14.4 Å². The first-order valence-corrected chi connectivity index (χ1v) is 3.78. The Labute approximate surface area is 76.5 Å². The lowest BCUT2D eigenvalue weighted by Gasteiger charge is -2.20. The molecule has 0 aromatic heterocycles. The van der Waals surface area contributed by atoms with Crippen molar-refractivity contribution in [1.82, 2.24) is 4.58 Å². The van der Waals surface area contributed by atoms with E-state index in [9.17, 15) is 9.59 Å². The molecular weight excluding hydrogens is 182 g/mol. The van der Waals surface area contributed by atoms with Gasteiger partial charge in [-0.2, -0.15) is 0 Å². The molecule has 5 heteroatoms. The van der Waals surface area contributed by atoms with Gasteiger partial charge in [-0.25, -0.2) is 4.79 Å². The minimum Gasteiger partial charge on any atom is -0.322 e. The molecule has 0 saturated heterocycles. The van der Waals surface area contributed by atoms with E-state index in [1.54, 1.807) is 20.8 Å². The molecule has 0 aromatic rings. The second kappa shape index (κ2) is 3.76. The van der Waals surface area contributed by atoms with E-state index >= 15 is 0 Å². The van der Waals surface area contributed by atoms with Crippen molar-refractivity contribution in [2.24, 2.45) is 5.41 Å². The van der Waals surface area contributed by atoms with E-state index in [2.05, 4.69) is 4.84 Å². The summed E-state index contributed by atoms with van der Waals surface area (Å²) in [7, 11) is 0. The summed E-state index contributed by atoms with van der Waals surface area (Å²) in [6.07, 6.45) is 0. The first-order chi connectivity index (χ1) is 5.25. The predicted molar refractivity (Wildman–Crippen MR) is 43.9 cm³/mol. The monoisotopic (exact) mass is 193 g/mol. The summed E-state index contributed by atoms with van der Waals surface area (Å²) in [6, 6.07) is 0. The fourth-order valence-corrected chi connectivity index (χ4v) is 0.769. The number of hydroxylamine groups is 1. The predicted octanol–water partition coefficient (Wildman–Crippen LogP) is 1.49. The normalized spacial score (nSPS) is 10.8. The Bertz CT molecular complexity index is 197. The maximum atomic E-state index is 11.2. The molecule has 0 aliphatic rings. The third-order valence-electron chi connectivity index (χ3n) is 1.01. The first-order valence-electron chi connectivity index (χ1n) is 3.44. The molecule has 0 N–H and O–H groups in total. The zero-order valence-corrected chi connectivity index (χ0v) is 8.31. The highest BCUT2D eigenvalue weighted by molar-refractivity contribution is 6.21. The van der Waals surface area contributed by atoms with Gasteiger partial charge < -0.3 is 4.84 Å². The average Bonchev–Trinajstić information content (AvgIpc) is 1.82. The van der Waals surface area contributed by atoms with Gasteiger partial charge >= 0.3 is 5.97 Å². The molecule has 0 unspecified atom stereocenters. The number of hydrogen-bond acceptors (Lipinski definition) is 3. The number of carbonyl (C=O) groups excluding carboxylic acids is 2. The minimum atomic E-state index is -0.656. The number of hydrogen-bond donors (Lipinski definition) is 0. The Morgan fingerprint density at radius 1 is 1.33 bits per heavy atom. The molecule has 0 rings (SSSR count). The van der Waals surface area contributed by atoms with Crippen molar-refractivity contribution >= 4 is 23.7 Å². The van der Waals surface area contributed by atoms with Crippen LogP contribution < -0.4 is 0 Å². The van der Waals surface area contributed by atoms with Gasteiger partial charge in [-0.1, -0.05) is 25.4 Å². The van der Waals surface area contributed by atoms with Crippen LogP contribution in [0.1, 0.15) is 27.7 Å². The molecule has 1 amide bonds. The third-order valence-corrected chi connectivity index (χ3v) is 1.23. The molecular formula is C7H12ClNO3. The average molecular weight is 194 g/mol. The number of nitrogens with zero attached hydrogens (tertiary/aromatic N) is 1. The van der Waals surface area contributed by atoms with E-state index in [1.807, 2.05) is 0 Å². The van der Waals surface area contributed by atoms with Gasteiger partial charge in [0.15, 0.2) is 0 Å². The van der Waals surface area contributed by atoms with Crippen LogP contribution in [0.5, 0.6) is 0 Å². The summed E-state index contributed by atoms with van der Waals surface area (Å²) in [5, 5.41) is 0. The first kappa shape index (κ1) is 11.2. The smallest absolute Gasteiger partial charge is 0.322 e. The second-order valence-electron chi connectivity index (χ2n) is 3.38. The van der Waals surface area contributed by atoms with Crippen LogP contribution in [0.3, 0.4) is 0 Å². The van der Waals surface area contributed by atoms with Gasteiger partial charge in [0.05, 0.1) is 11.8 Å². The van der Waals surface area contributed by atoms with Crippen molar-refractivity contribution in [2.45, 2.75) is 27.7 Å². The Kier molecular flexibility index (Phi) is 3.52. The molecule has 0 saturated carbocycles. The fraction of sp³-hybridized carbons (Fsp3) is 0.714. The molecule has 0 spiro atoms. The minimum absolute atomic E-state index is 0.433. The lowest BCUT2D eigenvalue weighted by molar-refractivity contribution is -0.181. The number of rotatable bonds is 0. The zero-order valence-electron chi connectivity index (χ0n) is 7.55. The summed E-state index contributed by atoms with van der Waals surface area (Å²) >= 11 is 5.35. The van der Waals surface area contributed by atoms with Gasteiger partial charge in [0.25, 0.3) is 5.91 Å². The quantitative estimate of drug-likeness (QED) is 0.433. The van der Waals surface area contributed by atoms with Crippen molar-refractivity contribution < 1.29 is 14.4 Å². The maximum Gasteiger partial charge on any atom is 0.331 e. The van der Waals surface area contributed by atoms with Gasteiger partial charge in [-0.3, -0.25) is 4.79 Å². The largest absolute Gasteiger partial charge is 0.331 e. The van der Waals surface area contributed by atoms with Gasteiger partial charge in [0.1, 0.15) is 0 Å². The topological polar surface area (TPSA) is 46.6 Å². The van der Waals surface area contributed by atoms with E-state index in [4.69, 9.17) is 11.8 Å². The molecule has 0 aromatic carbocycles. The van der Waals surface area contributed by atoms with E-state index in [-0.39, 0.29) is 0 Å². The van der Waals surface area contributed by atoms with E-state index in [0.29, 0.717) is 4.58 Å². The third kappa shape index (κ3) is 3.57. The molecule has 0 radical (unpaired) electrons. The highest BCUT2D eigenvalue weighted by Crippen LogP contribution is 2.18. The molecule has 0 atom stereocenters. The second-order valence-corrected chi connectivity index (χ2v) is 3.69. The highest BCUT2D eigenvalue weighted by atomic mass is 35.5. The van der Waals surface area contributed by atoms with E-state index in [0.717, 1.165) is 0 Å². The summed E-state index contributed by atoms with van der Waals surface area (Å²) in [4.78, 5) is 26.0. The summed E-state index contributed by atoms with van der Waals surface area (Å²) in [6.45, 7) is 6.20. The van der Waals surface area contributed by atoms with Crippen LogP contribution in [0.4, 0.5) is 0 Å². The van der Waals surface area contributed by atoms with E-state index < -0.39 is 17.3 Å². The Morgan fingerprint density at radius 2 is 1.75 bits per heavy atom. The van der Waals surface area contributed by atoms with Crippen LogP contribution in [0.2, 0.25) is 0 Å². The number of amides is 1. The number of carbonyl (C=O) groups is 2. The SMILES string of the molecule is CC(=O)ON(Cl)C(=O)C(C)(C)C. The molecule has 70 valence electrons. The van der Waals surface area contributed by atoms with Crippen LogP contribution in [0, 0.1) is 5.41 Å². The highest BCUT2D eigenvalue weighted by Gasteiger charge is 2.28. The van der Waals surface area contributed by atoms with Crippen molar-refractivity contribution in [2.75, 3.05) is 0 Å². The van der Waals surface area contributed by atoms with Crippen molar-refractivity contribution in [1.29, 1.82) is 0 Å². The molecule has 0 heterocycles. The summed E-state index contributed by atoms with van der Waals surface area (Å²) in [5.74, 6) is -1.08. The van der Waals surface area contributed by atoms with E-state index in [1.165, 1.54) is 6.92 Å². The van der Waals surface area contributed by atoms with Gasteiger partial charge in [-0.15, -0.1) is 0 Å². The number of halogens is 1. The van der Waals surface area contributed by atoms with Gasteiger partial charge in [-0.05, 0) is 0 Å². The molecule has 0 aliphatic heterocycles. The van der Waals surface area contributed by atoms with Crippen molar-refractivity contribution in [3.8, 4) is 0 Å². The maximum absolute atomic E-state index is 11.2. The molecule has 0 bridgehead atoms. The molecule has 0 fully saturated rings. The van der Waals surface area contributed by atoms with Crippen LogP contribution in [-0.4, -0.2) is 16.5 Å². The van der Waals surface area contributed by atoms with Crippen molar-refractivity contribution in [3.05, 3.63) is 0 Å². The van der Waals surface area contributed by atoms with Crippen LogP contribution >= 0.6 is 11.8 Å². The Balaban J connectivity index is 4.21. The zero-order chi connectivity index (χ0) is 9.94. The van der Waals surface area contributed by atoms with Gasteiger partial charge in [0, 0.05) is 12.3 Å². The Morgan fingerprint density at radius 3 is 2.00 bits per heavy atom. The molecule has 12 heavy (non-hydrogen) atoms. The molecule has 4 nitrogen and oxygen atoms in total. The summed E-state index contributed by atoms with van der Waals surface area (Å²) < 4.78 is 0.433.